The molecule has 2 unspecified atom stereocenters. The Morgan fingerprint density at radius 1 is 1.23 bits per heavy atom. The number of halogens is 3. The van der Waals surface area contributed by atoms with Crippen LogP contribution in [-0.4, -0.2) is 48.1 Å². The summed E-state index contributed by atoms with van der Waals surface area (Å²) in [5.41, 5.74) is 5.58. The summed E-state index contributed by atoms with van der Waals surface area (Å²) in [4.78, 5) is 14.8. The Hall–Kier alpha value is -1.80. The van der Waals surface area contributed by atoms with Crippen LogP contribution in [0.4, 0.5) is 18.0 Å². The lowest BCUT2D eigenvalue weighted by atomic mass is 9.83. The van der Waals surface area contributed by atoms with E-state index in [0.29, 0.717) is 18.7 Å². The number of nitrogens with two attached hydrogens (primary N) is 1. The third-order valence-electron chi connectivity index (χ3n) is 4.93. The summed E-state index contributed by atoms with van der Waals surface area (Å²) in [5.74, 6) is 0. The zero-order chi connectivity index (χ0) is 19.7. The quantitative estimate of drug-likeness (QED) is 0.882. The molecule has 1 aromatic rings. The molecule has 26 heavy (non-hydrogen) atoms. The Kier molecular flexibility index (Phi) is 5.87. The fourth-order valence-corrected chi connectivity index (χ4v) is 3.44. The van der Waals surface area contributed by atoms with Crippen LogP contribution in [0.15, 0.2) is 24.3 Å². The van der Waals surface area contributed by atoms with Gasteiger partial charge in [-0.05, 0) is 23.1 Å². The molecular weight excluding hydrogens is 347 g/mol. The Balaban J connectivity index is 2.23. The Morgan fingerprint density at radius 3 is 2.23 bits per heavy atom. The van der Waals surface area contributed by atoms with Crippen LogP contribution in [-0.2, 0) is 6.18 Å². The number of benzene rings is 1. The van der Waals surface area contributed by atoms with Gasteiger partial charge in [0.15, 0.2) is 0 Å². The molecule has 0 spiro atoms. The van der Waals surface area contributed by atoms with Gasteiger partial charge >= 0.3 is 6.18 Å². The van der Waals surface area contributed by atoms with Gasteiger partial charge in [-0.15, -0.1) is 0 Å². The molecule has 1 amide bonds. The van der Waals surface area contributed by atoms with Crippen LogP contribution in [0.3, 0.4) is 0 Å². The van der Waals surface area contributed by atoms with E-state index in [-0.39, 0.29) is 30.6 Å². The van der Waals surface area contributed by atoms with E-state index in [1.165, 1.54) is 17.0 Å². The molecule has 1 saturated heterocycles. The topological polar surface area (TPSA) is 72.6 Å². The molecular formula is C18H25F3N3O2-. The summed E-state index contributed by atoms with van der Waals surface area (Å²) in [7, 11) is 0. The van der Waals surface area contributed by atoms with Crippen molar-refractivity contribution in [2.75, 3.05) is 26.2 Å². The van der Waals surface area contributed by atoms with E-state index in [2.05, 4.69) is 0 Å². The second-order valence-corrected chi connectivity index (χ2v) is 7.71. The summed E-state index contributed by atoms with van der Waals surface area (Å²) in [6.45, 7) is 7.25. The van der Waals surface area contributed by atoms with Crippen molar-refractivity contribution in [3.63, 3.8) is 0 Å². The molecule has 146 valence electrons. The standard InChI is InChI=1S/C18H26F3N3O2/c1-17(2,3)15-11-23(8-9-24(15)16(25)26)14(10-22)12-4-6-13(7-5-12)18(19,20)21/h4-7,14-15H,8-11,22H2,1-3H3,(H,25,26)/p-1. The smallest absolute Gasteiger partial charge is 0.416 e. The van der Waals surface area contributed by atoms with E-state index in [1.54, 1.807) is 0 Å². The first-order valence-corrected chi connectivity index (χ1v) is 8.54. The average molecular weight is 372 g/mol. The molecule has 0 radical (unpaired) electrons. The first-order chi connectivity index (χ1) is 11.9. The zero-order valence-corrected chi connectivity index (χ0v) is 15.2. The molecule has 1 aliphatic heterocycles. The second-order valence-electron chi connectivity index (χ2n) is 7.71. The van der Waals surface area contributed by atoms with Crippen molar-refractivity contribution in [1.82, 2.24) is 9.80 Å². The van der Waals surface area contributed by atoms with E-state index in [1.807, 2.05) is 25.7 Å². The van der Waals surface area contributed by atoms with Gasteiger partial charge < -0.3 is 20.5 Å². The molecule has 5 nitrogen and oxygen atoms in total. The minimum Gasteiger partial charge on any atom is -0.530 e. The SMILES string of the molecule is CC(C)(C)C1CN(C(CN)c2ccc(C(F)(F)F)cc2)CCN1C(=O)[O-]. The van der Waals surface area contributed by atoms with Gasteiger partial charge in [-0.2, -0.15) is 13.2 Å². The van der Waals surface area contributed by atoms with E-state index < -0.39 is 17.8 Å². The van der Waals surface area contributed by atoms with Gasteiger partial charge in [0.05, 0.1) is 5.56 Å². The lowest BCUT2D eigenvalue weighted by molar-refractivity contribution is -0.272. The maximum atomic E-state index is 12.8. The Morgan fingerprint density at radius 2 is 1.81 bits per heavy atom. The third kappa shape index (κ3) is 4.48. The number of alkyl halides is 3. The molecule has 0 aromatic heterocycles. The van der Waals surface area contributed by atoms with Crippen molar-refractivity contribution < 1.29 is 23.1 Å². The van der Waals surface area contributed by atoms with Crippen LogP contribution >= 0.6 is 0 Å². The van der Waals surface area contributed by atoms with Crippen molar-refractivity contribution in [2.45, 2.75) is 39.0 Å². The van der Waals surface area contributed by atoms with E-state index >= 15 is 0 Å². The third-order valence-corrected chi connectivity index (χ3v) is 4.93. The fourth-order valence-electron chi connectivity index (χ4n) is 3.44. The van der Waals surface area contributed by atoms with Gasteiger partial charge in [0, 0.05) is 38.3 Å². The molecule has 2 rings (SSSR count). The number of piperazine rings is 1. The summed E-state index contributed by atoms with van der Waals surface area (Å²) in [5, 5.41) is 11.4. The summed E-state index contributed by atoms with van der Waals surface area (Å²) in [6, 6.07) is 4.43. The summed E-state index contributed by atoms with van der Waals surface area (Å²) in [6.07, 6.45) is -5.59. The first-order valence-electron chi connectivity index (χ1n) is 8.54. The highest BCUT2D eigenvalue weighted by Crippen LogP contribution is 2.33. The predicted octanol–water partition coefficient (Wildman–Crippen LogP) is 2.08. The number of carbonyl (C=O) groups is 1. The molecule has 0 bridgehead atoms. The average Bonchev–Trinajstić information content (AvgIpc) is 2.54. The normalized spacial score (nSPS) is 20.9. The molecule has 1 aromatic carbocycles. The van der Waals surface area contributed by atoms with E-state index in [0.717, 1.165) is 12.1 Å². The van der Waals surface area contributed by atoms with Crippen LogP contribution in [0.5, 0.6) is 0 Å². The van der Waals surface area contributed by atoms with Crippen molar-refractivity contribution >= 4 is 6.09 Å². The molecule has 2 atom stereocenters. The lowest BCUT2D eigenvalue weighted by Crippen LogP contribution is -2.63. The van der Waals surface area contributed by atoms with Crippen LogP contribution in [0, 0.1) is 5.41 Å². The Labute approximate surface area is 151 Å². The minimum absolute atomic E-state index is 0.230. The van der Waals surface area contributed by atoms with Crippen molar-refractivity contribution in [3.05, 3.63) is 35.4 Å². The van der Waals surface area contributed by atoms with E-state index in [9.17, 15) is 23.1 Å². The number of carboxylic acid groups (broad SMARTS) is 1. The number of amides is 1. The summed E-state index contributed by atoms with van der Waals surface area (Å²) < 4.78 is 38.3. The molecule has 0 aliphatic carbocycles. The first kappa shape index (κ1) is 20.5. The second kappa shape index (κ2) is 7.44. The monoisotopic (exact) mass is 372 g/mol. The number of rotatable bonds is 3. The Bertz CT molecular complexity index is 626. The number of hydrogen-bond donors (Lipinski definition) is 1. The largest absolute Gasteiger partial charge is 0.530 e. The van der Waals surface area contributed by atoms with Gasteiger partial charge in [-0.1, -0.05) is 32.9 Å². The van der Waals surface area contributed by atoms with Crippen LogP contribution in [0.25, 0.3) is 0 Å². The molecule has 8 heteroatoms. The van der Waals surface area contributed by atoms with Crippen molar-refractivity contribution in [3.8, 4) is 0 Å². The minimum atomic E-state index is -4.38. The molecule has 1 aliphatic rings. The summed E-state index contributed by atoms with van der Waals surface area (Å²) >= 11 is 0. The van der Waals surface area contributed by atoms with Gasteiger partial charge in [-0.3, -0.25) is 4.90 Å². The van der Waals surface area contributed by atoms with Crippen LogP contribution in [0.1, 0.15) is 37.9 Å². The van der Waals surface area contributed by atoms with Gasteiger partial charge in [-0.25, -0.2) is 0 Å². The highest BCUT2D eigenvalue weighted by Gasteiger charge is 2.38. The van der Waals surface area contributed by atoms with Crippen molar-refractivity contribution in [2.24, 2.45) is 11.1 Å². The maximum Gasteiger partial charge on any atom is 0.416 e. The van der Waals surface area contributed by atoms with Crippen LogP contribution in [0.2, 0.25) is 0 Å². The van der Waals surface area contributed by atoms with Crippen LogP contribution < -0.4 is 10.8 Å². The van der Waals surface area contributed by atoms with Gasteiger partial charge in [0.25, 0.3) is 0 Å². The van der Waals surface area contributed by atoms with Gasteiger partial charge in [0.1, 0.15) is 6.09 Å². The molecule has 2 N–H and O–H groups in total. The molecule has 1 heterocycles. The highest BCUT2D eigenvalue weighted by molar-refractivity contribution is 5.63. The predicted molar refractivity (Wildman–Crippen MR) is 90.2 cm³/mol. The lowest BCUT2D eigenvalue weighted by Gasteiger charge is -2.50. The number of hydrogen-bond acceptors (Lipinski definition) is 4. The zero-order valence-electron chi connectivity index (χ0n) is 15.2. The maximum absolute atomic E-state index is 12.8. The van der Waals surface area contributed by atoms with Gasteiger partial charge in [0.2, 0.25) is 0 Å². The molecule has 1 fully saturated rings. The van der Waals surface area contributed by atoms with Crippen molar-refractivity contribution in [1.29, 1.82) is 0 Å². The van der Waals surface area contributed by atoms with E-state index in [4.69, 9.17) is 5.73 Å². The fraction of sp³-hybridized carbons (Fsp3) is 0.611. The number of carbonyl (C=O) groups excluding carboxylic acids is 1. The molecule has 0 saturated carbocycles. The highest BCUT2D eigenvalue weighted by atomic mass is 19.4. The number of nitrogens with zero attached hydrogens (tertiary/aromatic N) is 2.